The molecule has 3 rings (SSSR count). The van der Waals surface area contributed by atoms with E-state index in [4.69, 9.17) is 14.2 Å². The Morgan fingerprint density at radius 1 is 0.933 bits per heavy atom. The highest BCUT2D eigenvalue weighted by Crippen LogP contribution is 2.24. The first-order chi connectivity index (χ1) is 14.3. The molecule has 0 spiro atoms. The van der Waals surface area contributed by atoms with E-state index in [0.29, 0.717) is 13.2 Å². The Bertz CT molecular complexity index is 623. The molecule has 2 N–H and O–H groups in total. The van der Waals surface area contributed by atoms with Gasteiger partial charge < -0.3 is 24.8 Å². The average molecular weight is 433 g/mol. The minimum atomic E-state index is -4.48. The quantitative estimate of drug-likeness (QED) is 0.646. The number of nitrogens with one attached hydrogen (secondary N) is 2. The van der Waals surface area contributed by atoms with E-state index < -0.39 is 12.8 Å². The van der Waals surface area contributed by atoms with E-state index in [1.54, 1.807) is 0 Å². The van der Waals surface area contributed by atoms with Crippen molar-refractivity contribution in [2.75, 3.05) is 43.7 Å². The van der Waals surface area contributed by atoms with Crippen molar-refractivity contribution in [2.24, 2.45) is 11.8 Å². The predicted octanol–water partition coefficient (Wildman–Crippen LogP) is 3.27. The molecule has 30 heavy (non-hydrogen) atoms. The van der Waals surface area contributed by atoms with E-state index in [2.05, 4.69) is 25.6 Å². The Hall–Kier alpha value is -1.88. The minimum Gasteiger partial charge on any atom is -0.454 e. The highest BCUT2D eigenvalue weighted by atomic mass is 19.4. The fourth-order valence-electron chi connectivity index (χ4n) is 3.66. The van der Waals surface area contributed by atoms with Gasteiger partial charge in [-0.25, -0.2) is 0 Å². The van der Waals surface area contributed by atoms with Gasteiger partial charge in [-0.3, -0.25) is 0 Å². The van der Waals surface area contributed by atoms with Crippen molar-refractivity contribution in [3.8, 4) is 6.01 Å². The molecule has 8 nitrogen and oxygen atoms in total. The third-order valence-corrected chi connectivity index (χ3v) is 5.50. The molecule has 2 aliphatic rings. The second kappa shape index (κ2) is 10.4. The first-order valence-electron chi connectivity index (χ1n) is 10.4. The van der Waals surface area contributed by atoms with E-state index in [1.165, 1.54) is 0 Å². The summed E-state index contributed by atoms with van der Waals surface area (Å²) in [5.41, 5.74) is 0. The zero-order valence-corrected chi connectivity index (χ0v) is 17.4. The van der Waals surface area contributed by atoms with Crippen LogP contribution in [0.15, 0.2) is 0 Å². The van der Waals surface area contributed by atoms with Crippen LogP contribution in [0, 0.1) is 11.8 Å². The Labute approximate surface area is 174 Å². The van der Waals surface area contributed by atoms with Gasteiger partial charge in [0.2, 0.25) is 11.9 Å². The predicted molar refractivity (Wildman–Crippen MR) is 105 cm³/mol. The largest absolute Gasteiger partial charge is 0.454 e. The maximum Gasteiger partial charge on any atom is 0.422 e. The molecular formula is C19H30F3N5O3. The highest BCUT2D eigenvalue weighted by molar-refractivity contribution is 5.37. The summed E-state index contributed by atoms with van der Waals surface area (Å²) in [6, 6.07) is -0.396. The number of halogens is 3. The Balaban J connectivity index is 1.71. The summed E-state index contributed by atoms with van der Waals surface area (Å²) in [4.78, 5) is 12.4. The van der Waals surface area contributed by atoms with Gasteiger partial charge in [0, 0.05) is 37.1 Å². The molecule has 0 amide bonds. The number of alkyl halides is 3. The second-order valence-corrected chi connectivity index (χ2v) is 7.99. The van der Waals surface area contributed by atoms with E-state index in [-0.39, 0.29) is 41.8 Å². The molecule has 0 saturated carbocycles. The molecule has 1 aromatic rings. The van der Waals surface area contributed by atoms with Crippen LogP contribution in [-0.4, -0.2) is 66.2 Å². The van der Waals surface area contributed by atoms with Crippen LogP contribution in [0.25, 0.3) is 0 Å². The molecule has 4 unspecified atom stereocenters. The lowest BCUT2D eigenvalue weighted by molar-refractivity contribution is -0.154. The van der Waals surface area contributed by atoms with Crippen molar-refractivity contribution in [3.63, 3.8) is 0 Å². The zero-order chi connectivity index (χ0) is 21.6. The molecule has 0 aromatic carbocycles. The number of nitrogens with zero attached hydrogens (tertiary/aromatic N) is 3. The van der Waals surface area contributed by atoms with Crippen molar-refractivity contribution in [2.45, 2.75) is 57.8 Å². The summed E-state index contributed by atoms with van der Waals surface area (Å²) in [6.45, 7) is 5.25. The molecule has 0 radical (unpaired) electrons. The van der Waals surface area contributed by atoms with Gasteiger partial charge >= 0.3 is 12.2 Å². The minimum absolute atomic E-state index is 0.0137. The summed E-state index contributed by atoms with van der Waals surface area (Å²) in [6.07, 6.45) is -0.530. The van der Waals surface area contributed by atoms with Gasteiger partial charge in [0.05, 0.1) is 13.2 Å². The van der Waals surface area contributed by atoms with Crippen molar-refractivity contribution in [3.05, 3.63) is 0 Å². The molecule has 2 aliphatic heterocycles. The third-order valence-electron chi connectivity index (χ3n) is 5.50. The molecule has 0 bridgehead atoms. The second-order valence-electron chi connectivity index (χ2n) is 7.99. The number of rotatable bonds is 8. The molecule has 4 atom stereocenters. The van der Waals surface area contributed by atoms with Gasteiger partial charge in [-0.05, 0) is 39.5 Å². The van der Waals surface area contributed by atoms with Gasteiger partial charge in [-0.15, -0.1) is 0 Å². The summed E-state index contributed by atoms with van der Waals surface area (Å²) < 4.78 is 53.6. The molecule has 11 heteroatoms. The monoisotopic (exact) mass is 433 g/mol. The van der Waals surface area contributed by atoms with Gasteiger partial charge in [0.1, 0.15) is 0 Å². The van der Waals surface area contributed by atoms with Gasteiger partial charge in [0.15, 0.2) is 6.61 Å². The smallest absolute Gasteiger partial charge is 0.422 e. The van der Waals surface area contributed by atoms with Crippen molar-refractivity contribution in [1.82, 2.24) is 15.0 Å². The fourth-order valence-corrected chi connectivity index (χ4v) is 3.66. The van der Waals surface area contributed by atoms with Gasteiger partial charge in [-0.1, -0.05) is 0 Å². The van der Waals surface area contributed by atoms with Gasteiger partial charge in [-0.2, -0.15) is 28.1 Å². The Kier molecular flexibility index (Phi) is 7.93. The summed E-state index contributed by atoms with van der Waals surface area (Å²) in [5.74, 6) is 0.888. The topological polar surface area (TPSA) is 90.4 Å². The van der Waals surface area contributed by atoms with Crippen LogP contribution in [0.2, 0.25) is 0 Å². The van der Waals surface area contributed by atoms with Crippen molar-refractivity contribution >= 4 is 11.9 Å². The number of hydrogen-bond donors (Lipinski definition) is 2. The van der Waals surface area contributed by atoms with Crippen LogP contribution in [0.4, 0.5) is 25.1 Å². The molecular weight excluding hydrogens is 403 g/mol. The lowest BCUT2D eigenvalue weighted by Crippen LogP contribution is -2.34. The SMILES string of the molecule is CC(Nc1nc(NC(C)C2CCCOC2)nc(OCC(F)(F)F)n1)C1CCCOC1. The number of anilines is 2. The first-order valence-corrected chi connectivity index (χ1v) is 10.4. The van der Waals surface area contributed by atoms with Crippen LogP contribution in [-0.2, 0) is 9.47 Å². The maximum atomic E-state index is 12.6. The maximum absolute atomic E-state index is 12.6. The van der Waals surface area contributed by atoms with Crippen LogP contribution in [0.1, 0.15) is 39.5 Å². The summed E-state index contributed by atoms with van der Waals surface area (Å²) in [7, 11) is 0. The van der Waals surface area contributed by atoms with E-state index >= 15 is 0 Å². The average Bonchev–Trinajstić information content (AvgIpc) is 2.73. The first kappa shape index (κ1) is 22.8. The zero-order valence-electron chi connectivity index (χ0n) is 17.4. The molecule has 2 saturated heterocycles. The highest BCUT2D eigenvalue weighted by Gasteiger charge is 2.30. The number of ether oxygens (including phenoxy) is 3. The van der Waals surface area contributed by atoms with Gasteiger partial charge in [0.25, 0.3) is 0 Å². The van der Waals surface area contributed by atoms with Crippen LogP contribution < -0.4 is 15.4 Å². The van der Waals surface area contributed by atoms with Crippen molar-refractivity contribution in [1.29, 1.82) is 0 Å². The number of aromatic nitrogens is 3. The van der Waals surface area contributed by atoms with Crippen LogP contribution in [0.3, 0.4) is 0 Å². The normalized spacial score (nSPS) is 24.7. The van der Waals surface area contributed by atoms with Crippen molar-refractivity contribution < 1.29 is 27.4 Å². The third kappa shape index (κ3) is 7.12. The standard InChI is InChI=1S/C19H30F3N5O3/c1-12(14-5-3-7-28-9-14)23-16-25-17(24-13(2)15-6-4-8-29-10-15)27-18(26-16)30-11-19(20,21)22/h12-15H,3-11H2,1-2H3,(H2,23,24,25,26,27). The lowest BCUT2D eigenvalue weighted by atomic mass is 9.95. The molecule has 0 aliphatic carbocycles. The summed E-state index contributed by atoms with van der Waals surface area (Å²) >= 11 is 0. The van der Waals surface area contributed by atoms with E-state index in [0.717, 1.165) is 38.9 Å². The van der Waals surface area contributed by atoms with Crippen LogP contribution in [0.5, 0.6) is 6.01 Å². The summed E-state index contributed by atoms with van der Waals surface area (Å²) in [5, 5.41) is 6.35. The van der Waals surface area contributed by atoms with Crippen LogP contribution >= 0.6 is 0 Å². The Morgan fingerprint density at radius 3 is 1.83 bits per heavy atom. The molecule has 2 fully saturated rings. The molecule has 1 aromatic heterocycles. The Morgan fingerprint density at radius 2 is 1.43 bits per heavy atom. The fraction of sp³-hybridized carbons (Fsp3) is 0.842. The molecule has 3 heterocycles. The van der Waals surface area contributed by atoms with E-state index in [1.807, 2.05) is 13.8 Å². The lowest BCUT2D eigenvalue weighted by Gasteiger charge is -2.29. The van der Waals surface area contributed by atoms with E-state index in [9.17, 15) is 13.2 Å². The molecule has 170 valence electrons. The number of hydrogen-bond acceptors (Lipinski definition) is 8.